The minimum Gasteiger partial charge on any atom is -0.333 e. The van der Waals surface area contributed by atoms with E-state index in [0.29, 0.717) is 18.8 Å². The summed E-state index contributed by atoms with van der Waals surface area (Å²) in [4.78, 5) is 38.6. The van der Waals surface area contributed by atoms with Gasteiger partial charge in [0.25, 0.3) is 0 Å². The maximum absolute atomic E-state index is 14.0. The smallest absolute Gasteiger partial charge is 0.312 e. The number of carbonyl (C=O) groups excluding carboxylic acids is 3. The zero-order chi connectivity index (χ0) is 18.7. The predicted molar refractivity (Wildman–Crippen MR) is 86.6 cm³/mol. The van der Waals surface area contributed by atoms with Crippen LogP contribution < -0.4 is 5.32 Å². The molecule has 1 aromatic heterocycles. The van der Waals surface area contributed by atoms with Gasteiger partial charge in [0.15, 0.2) is 0 Å². The fourth-order valence-electron chi connectivity index (χ4n) is 2.56. The third-order valence-electron chi connectivity index (χ3n) is 3.95. The van der Waals surface area contributed by atoms with Crippen LogP contribution in [-0.2, 0) is 14.4 Å². The van der Waals surface area contributed by atoms with E-state index in [4.69, 9.17) is 0 Å². The number of hydrogen-bond donors (Lipinski definition) is 1. The van der Waals surface area contributed by atoms with Crippen LogP contribution in [-0.4, -0.2) is 73.9 Å². The molecule has 0 radical (unpaired) electrons. The molecule has 1 aliphatic rings. The number of aromatic nitrogens is 4. The lowest BCUT2D eigenvalue weighted by molar-refractivity contribution is -0.156. The molecule has 1 aliphatic heterocycles. The second-order valence-corrected chi connectivity index (χ2v) is 5.58. The highest BCUT2D eigenvalue weighted by atomic mass is 19.1. The van der Waals surface area contributed by atoms with Gasteiger partial charge in [-0.05, 0) is 35.5 Å². The Morgan fingerprint density at radius 1 is 1.23 bits per heavy atom. The first-order valence-corrected chi connectivity index (χ1v) is 7.90. The van der Waals surface area contributed by atoms with Crippen LogP contribution >= 0.6 is 0 Å². The summed E-state index contributed by atoms with van der Waals surface area (Å²) in [6, 6.07) is 3.99. The van der Waals surface area contributed by atoms with Gasteiger partial charge in [-0.15, -0.1) is 5.10 Å². The maximum Gasteiger partial charge on any atom is 0.312 e. The molecule has 1 aromatic carbocycles. The number of nitrogens with zero attached hydrogens (tertiary/aromatic N) is 6. The molecule has 1 N–H and O–H groups in total. The highest BCUT2D eigenvalue weighted by molar-refractivity contribution is 6.35. The summed E-state index contributed by atoms with van der Waals surface area (Å²) in [5, 5.41) is 13.1. The molecule has 0 unspecified atom stereocenters. The van der Waals surface area contributed by atoms with Crippen LogP contribution in [0.5, 0.6) is 0 Å². The molecule has 0 atom stereocenters. The monoisotopic (exact) mass is 361 g/mol. The lowest BCUT2D eigenvalue weighted by Crippen LogP contribution is -2.55. The first-order valence-electron chi connectivity index (χ1n) is 7.90. The molecule has 2 aromatic rings. The van der Waals surface area contributed by atoms with Crippen molar-refractivity contribution in [2.45, 2.75) is 6.92 Å². The number of rotatable bonds is 5. The molecule has 2 heterocycles. The summed E-state index contributed by atoms with van der Waals surface area (Å²) in [6.45, 7) is 2.47. The molecule has 0 saturated carbocycles. The summed E-state index contributed by atoms with van der Waals surface area (Å²) in [5.74, 6) is -2.63. The molecule has 1 saturated heterocycles. The minimum absolute atomic E-state index is 0.0750. The molecule has 136 valence electrons. The van der Waals surface area contributed by atoms with Gasteiger partial charge in [0, 0.05) is 19.6 Å². The van der Waals surface area contributed by atoms with E-state index in [0.717, 1.165) is 4.90 Å². The van der Waals surface area contributed by atoms with E-state index in [2.05, 4.69) is 20.8 Å². The Labute approximate surface area is 147 Å². The van der Waals surface area contributed by atoms with E-state index in [1.165, 1.54) is 34.1 Å². The topological polar surface area (TPSA) is 113 Å². The number of nitrogens with one attached hydrogen (secondary N) is 1. The Hall–Kier alpha value is -3.37. The number of tetrazole rings is 1. The van der Waals surface area contributed by atoms with E-state index in [1.54, 1.807) is 6.92 Å². The number of halogens is 1. The SMILES string of the molecule is CCN1CCN(CC(=O)Nc2cc(-n3cnnn3)ccc2F)C(=O)C1=O. The predicted octanol–water partition coefficient (Wildman–Crippen LogP) is -0.569. The number of hydrogen-bond acceptors (Lipinski definition) is 6. The number of amides is 3. The van der Waals surface area contributed by atoms with Gasteiger partial charge in [0.05, 0.1) is 11.4 Å². The van der Waals surface area contributed by atoms with Crippen molar-refractivity contribution < 1.29 is 18.8 Å². The van der Waals surface area contributed by atoms with Crippen molar-refractivity contribution in [1.29, 1.82) is 0 Å². The van der Waals surface area contributed by atoms with Gasteiger partial charge in [-0.3, -0.25) is 14.4 Å². The molecular weight excluding hydrogens is 345 g/mol. The van der Waals surface area contributed by atoms with Crippen LogP contribution in [0, 0.1) is 5.82 Å². The Kier molecular flexibility index (Phi) is 4.87. The van der Waals surface area contributed by atoms with E-state index in [1.807, 2.05) is 0 Å². The third-order valence-corrected chi connectivity index (χ3v) is 3.95. The Morgan fingerprint density at radius 3 is 2.65 bits per heavy atom. The van der Waals surface area contributed by atoms with Crippen LogP contribution in [0.3, 0.4) is 0 Å². The highest BCUT2D eigenvalue weighted by Gasteiger charge is 2.32. The molecule has 26 heavy (non-hydrogen) atoms. The zero-order valence-corrected chi connectivity index (χ0v) is 13.9. The number of anilines is 1. The lowest BCUT2D eigenvalue weighted by atomic mass is 10.2. The Morgan fingerprint density at radius 2 is 1.96 bits per heavy atom. The van der Waals surface area contributed by atoms with Gasteiger partial charge >= 0.3 is 11.8 Å². The van der Waals surface area contributed by atoms with Gasteiger partial charge in [-0.2, -0.15) is 0 Å². The van der Waals surface area contributed by atoms with Crippen molar-refractivity contribution in [3.05, 3.63) is 30.3 Å². The summed E-state index contributed by atoms with van der Waals surface area (Å²) >= 11 is 0. The summed E-state index contributed by atoms with van der Waals surface area (Å²) < 4.78 is 15.3. The van der Waals surface area contributed by atoms with Crippen molar-refractivity contribution in [3.63, 3.8) is 0 Å². The van der Waals surface area contributed by atoms with E-state index >= 15 is 0 Å². The number of likely N-dealkylation sites (N-methyl/N-ethyl adjacent to an activating group) is 1. The van der Waals surface area contributed by atoms with Gasteiger partial charge in [0.2, 0.25) is 5.91 Å². The van der Waals surface area contributed by atoms with Crippen LogP contribution in [0.4, 0.5) is 10.1 Å². The fourth-order valence-corrected chi connectivity index (χ4v) is 2.56. The summed E-state index contributed by atoms with van der Waals surface area (Å²) in [5.41, 5.74) is 0.378. The summed E-state index contributed by atoms with van der Waals surface area (Å²) in [7, 11) is 0. The molecule has 11 heteroatoms. The molecule has 0 spiro atoms. The standard InChI is InChI=1S/C15H16FN7O3/c1-2-21-5-6-22(15(26)14(21)25)8-13(24)18-12-7-10(3-4-11(12)16)23-9-17-19-20-23/h3-4,7,9H,2,5-6,8H2,1H3,(H,18,24). The number of piperazine rings is 1. The van der Waals surface area contributed by atoms with E-state index in [-0.39, 0.29) is 18.8 Å². The van der Waals surface area contributed by atoms with Crippen molar-refractivity contribution in [1.82, 2.24) is 30.0 Å². The molecule has 10 nitrogen and oxygen atoms in total. The van der Waals surface area contributed by atoms with E-state index < -0.39 is 23.5 Å². The van der Waals surface area contributed by atoms with Gasteiger partial charge < -0.3 is 15.1 Å². The Bertz CT molecular complexity index is 840. The quantitative estimate of drug-likeness (QED) is 0.714. The maximum atomic E-state index is 14.0. The van der Waals surface area contributed by atoms with Gasteiger partial charge in [0.1, 0.15) is 18.7 Å². The molecule has 0 bridgehead atoms. The van der Waals surface area contributed by atoms with Crippen LogP contribution in [0.1, 0.15) is 6.92 Å². The van der Waals surface area contributed by atoms with Gasteiger partial charge in [-0.25, -0.2) is 9.07 Å². The minimum atomic E-state index is -0.740. The van der Waals surface area contributed by atoms with Crippen LogP contribution in [0.2, 0.25) is 0 Å². The number of benzene rings is 1. The second-order valence-electron chi connectivity index (χ2n) is 5.58. The average molecular weight is 361 g/mol. The Balaban J connectivity index is 1.68. The molecule has 3 amide bonds. The van der Waals surface area contributed by atoms with Crippen LogP contribution in [0.25, 0.3) is 5.69 Å². The average Bonchev–Trinajstić information content (AvgIpc) is 3.16. The van der Waals surface area contributed by atoms with Gasteiger partial charge in [-0.1, -0.05) is 0 Å². The molecule has 3 rings (SSSR count). The normalized spacial score (nSPS) is 14.7. The molecule has 1 fully saturated rings. The van der Waals surface area contributed by atoms with E-state index in [9.17, 15) is 18.8 Å². The largest absolute Gasteiger partial charge is 0.333 e. The first kappa shape index (κ1) is 17.5. The third kappa shape index (κ3) is 3.50. The van der Waals surface area contributed by atoms with Crippen molar-refractivity contribution in [2.75, 3.05) is 31.5 Å². The first-order chi connectivity index (χ1) is 12.5. The zero-order valence-electron chi connectivity index (χ0n) is 13.9. The highest BCUT2D eigenvalue weighted by Crippen LogP contribution is 2.18. The van der Waals surface area contributed by atoms with Crippen LogP contribution in [0.15, 0.2) is 24.5 Å². The number of carbonyl (C=O) groups is 3. The second kappa shape index (κ2) is 7.25. The fraction of sp³-hybridized carbons (Fsp3) is 0.333. The summed E-state index contributed by atoms with van der Waals surface area (Å²) in [6.07, 6.45) is 1.33. The lowest BCUT2D eigenvalue weighted by Gasteiger charge is -2.32. The van der Waals surface area contributed by atoms with Crippen molar-refractivity contribution >= 4 is 23.4 Å². The van der Waals surface area contributed by atoms with Crippen molar-refractivity contribution in [3.8, 4) is 5.69 Å². The molecule has 0 aliphatic carbocycles. The molecular formula is C15H16FN7O3. The van der Waals surface area contributed by atoms with Crippen molar-refractivity contribution in [2.24, 2.45) is 0 Å².